The van der Waals surface area contributed by atoms with E-state index in [4.69, 9.17) is 4.74 Å². The normalized spacial score (nSPS) is 16.6. The highest BCUT2D eigenvalue weighted by Gasteiger charge is 2.24. The second-order valence-electron chi connectivity index (χ2n) is 4.51. The number of esters is 1. The van der Waals surface area contributed by atoms with Gasteiger partial charge < -0.3 is 10.1 Å². The molecule has 1 aliphatic carbocycles. The van der Waals surface area contributed by atoms with Gasteiger partial charge in [0.15, 0.2) is 0 Å². The fourth-order valence-electron chi connectivity index (χ4n) is 2.37. The fourth-order valence-corrected chi connectivity index (χ4v) is 2.37. The van der Waals surface area contributed by atoms with E-state index in [-0.39, 0.29) is 12.0 Å². The number of fused-ring (bicyclic) bond motifs is 1. The summed E-state index contributed by atoms with van der Waals surface area (Å²) < 4.78 is 4.99. The number of ether oxygens (including phenoxy) is 1. The first kappa shape index (κ1) is 12.1. The first-order chi connectivity index (χ1) is 8.20. The number of carbonyl (C=O) groups excluding carboxylic acids is 1. The Morgan fingerprint density at radius 1 is 1.41 bits per heavy atom. The lowest BCUT2D eigenvalue weighted by atomic mass is 10.1. The van der Waals surface area contributed by atoms with Crippen LogP contribution in [0.5, 0.6) is 0 Å². The molecule has 0 aromatic heterocycles. The third-order valence-corrected chi connectivity index (χ3v) is 3.18. The number of benzene rings is 1. The molecule has 17 heavy (non-hydrogen) atoms. The Balaban J connectivity index is 1.89. The summed E-state index contributed by atoms with van der Waals surface area (Å²) in [6.45, 7) is 4.13. The van der Waals surface area contributed by atoms with Gasteiger partial charge in [-0.3, -0.25) is 4.79 Å². The Bertz CT molecular complexity index is 378. The van der Waals surface area contributed by atoms with Gasteiger partial charge in [0.2, 0.25) is 0 Å². The van der Waals surface area contributed by atoms with Crippen molar-refractivity contribution < 1.29 is 9.53 Å². The Morgan fingerprint density at radius 3 is 2.53 bits per heavy atom. The number of nitrogens with one attached hydrogen (secondary N) is 1. The van der Waals surface area contributed by atoms with E-state index in [0.29, 0.717) is 12.6 Å². The Hall–Kier alpha value is -1.35. The molecule has 3 nitrogen and oxygen atoms in total. The molecule has 1 N–H and O–H groups in total. The molecule has 0 radical (unpaired) electrons. The summed E-state index contributed by atoms with van der Waals surface area (Å²) in [7, 11) is 0. The second-order valence-corrected chi connectivity index (χ2v) is 4.51. The van der Waals surface area contributed by atoms with Crippen LogP contribution in [-0.4, -0.2) is 24.7 Å². The lowest BCUT2D eigenvalue weighted by molar-refractivity contribution is -0.145. The smallest absolute Gasteiger partial charge is 0.322 e. The van der Waals surface area contributed by atoms with Crippen molar-refractivity contribution in [1.29, 1.82) is 0 Å². The number of rotatable bonds is 4. The van der Waals surface area contributed by atoms with Crippen LogP contribution in [0.3, 0.4) is 0 Å². The monoisotopic (exact) mass is 233 g/mol. The molecule has 0 saturated carbocycles. The second kappa shape index (κ2) is 5.32. The molecule has 1 aromatic rings. The molecular formula is C14H19NO2. The lowest BCUT2D eigenvalue weighted by Crippen LogP contribution is -2.42. The molecule has 2 rings (SSSR count). The third kappa shape index (κ3) is 2.86. The van der Waals surface area contributed by atoms with Gasteiger partial charge in [-0.25, -0.2) is 0 Å². The van der Waals surface area contributed by atoms with E-state index in [1.54, 1.807) is 0 Å². The van der Waals surface area contributed by atoms with Crippen molar-refractivity contribution in [2.45, 2.75) is 38.8 Å². The van der Waals surface area contributed by atoms with Gasteiger partial charge in [0, 0.05) is 6.04 Å². The van der Waals surface area contributed by atoms with Crippen molar-refractivity contribution in [3.05, 3.63) is 35.4 Å². The van der Waals surface area contributed by atoms with Crippen molar-refractivity contribution in [2.75, 3.05) is 6.61 Å². The standard InChI is InChI=1S/C14H19NO2/c1-3-17-14(16)10(2)15-13-8-11-6-4-5-7-12(11)9-13/h4-7,10,13,15H,3,8-9H2,1-2H3/t10-/m0/s1. The molecule has 0 bridgehead atoms. The summed E-state index contributed by atoms with van der Waals surface area (Å²) in [6.07, 6.45) is 2.00. The molecule has 3 heteroatoms. The summed E-state index contributed by atoms with van der Waals surface area (Å²) in [5.74, 6) is -0.163. The molecule has 92 valence electrons. The predicted molar refractivity (Wildman–Crippen MR) is 66.9 cm³/mol. The first-order valence-electron chi connectivity index (χ1n) is 6.20. The quantitative estimate of drug-likeness (QED) is 0.804. The minimum atomic E-state index is -0.228. The van der Waals surface area contributed by atoms with E-state index in [0.717, 1.165) is 12.8 Å². The highest BCUT2D eigenvalue weighted by molar-refractivity contribution is 5.75. The highest BCUT2D eigenvalue weighted by atomic mass is 16.5. The zero-order valence-electron chi connectivity index (χ0n) is 10.4. The minimum Gasteiger partial charge on any atom is -0.465 e. The largest absolute Gasteiger partial charge is 0.465 e. The molecule has 1 atom stereocenters. The topological polar surface area (TPSA) is 38.3 Å². The third-order valence-electron chi connectivity index (χ3n) is 3.18. The van der Waals surface area contributed by atoms with Crippen molar-refractivity contribution >= 4 is 5.97 Å². The first-order valence-corrected chi connectivity index (χ1v) is 6.20. The zero-order chi connectivity index (χ0) is 12.3. The molecule has 1 aromatic carbocycles. The molecule has 0 spiro atoms. The van der Waals surface area contributed by atoms with Crippen LogP contribution in [0.25, 0.3) is 0 Å². The highest BCUT2D eigenvalue weighted by Crippen LogP contribution is 2.21. The van der Waals surface area contributed by atoms with E-state index >= 15 is 0 Å². The van der Waals surface area contributed by atoms with Gasteiger partial charge in [0.1, 0.15) is 6.04 Å². The summed E-state index contributed by atoms with van der Waals surface area (Å²) in [4.78, 5) is 11.5. The molecule has 1 aliphatic rings. The average molecular weight is 233 g/mol. The predicted octanol–water partition coefficient (Wildman–Crippen LogP) is 1.69. The maximum absolute atomic E-state index is 11.5. The van der Waals surface area contributed by atoms with E-state index in [2.05, 4.69) is 29.6 Å². The van der Waals surface area contributed by atoms with Crippen molar-refractivity contribution in [3.63, 3.8) is 0 Å². The molecule has 0 saturated heterocycles. The van der Waals surface area contributed by atoms with Gasteiger partial charge in [-0.15, -0.1) is 0 Å². The van der Waals surface area contributed by atoms with Gasteiger partial charge in [-0.1, -0.05) is 24.3 Å². The molecule has 0 fully saturated rings. The van der Waals surface area contributed by atoms with Gasteiger partial charge in [-0.2, -0.15) is 0 Å². The van der Waals surface area contributed by atoms with Gasteiger partial charge in [0.05, 0.1) is 6.61 Å². The molecule has 0 unspecified atom stereocenters. The van der Waals surface area contributed by atoms with Crippen LogP contribution in [0, 0.1) is 0 Å². The summed E-state index contributed by atoms with van der Waals surface area (Å²) in [6, 6.07) is 8.57. The van der Waals surface area contributed by atoms with Crippen LogP contribution in [0.2, 0.25) is 0 Å². The summed E-state index contributed by atoms with van der Waals surface area (Å²) in [5.41, 5.74) is 2.78. The van der Waals surface area contributed by atoms with Gasteiger partial charge >= 0.3 is 5.97 Å². The summed E-state index contributed by atoms with van der Waals surface area (Å²) >= 11 is 0. The van der Waals surface area contributed by atoms with Gasteiger partial charge in [-0.05, 0) is 37.8 Å². The molecule has 0 heterocycles. The SMILES string of the molecule is CCOC(=O)[C@H](C)NC1Cc2ccccc2C1. The van der Waals surface area contributed by atoms with E-state index < -0.39 is 0 Å². The minimum absolute atomic E-state index is 0.163. The maximum atomic E-state index is 11.5. The number of carbonyl (C=O) groups is 1. The van der Waals surface area contributed by atoms with Crippen LogP contribution in [0.15, 0.2) is 24.3 Å². The van der Waals surface area contributed by atoms with Crippen molar-refractivity contribution in [2.24, 2.45) is 0 Å². The van der Waals surface area contributed by atoms with Crippen LogP contribution in [0.4, 0.5) is 0 Å². The number of hydrogen-bond donors (Lipinski definition) is 1. The van der Waals surface area contributed by atoms with Crippen LogP contribution in [-0.2, 0) is 22.4 Å². The van der Waals surface area contributed by atoms with Crippen molar-refractivity contribution in [1.82, 2.24) is 5.32 Å². The summed E-state index contributed by atoms with van der Waals surface area (Å²) in [5, 5.41) is 3.34. The van der Waals surface area contributed by atoms with E-state index in [1.807, 2.05) is 13.8 Å². The molecular weight excluding hydrogens is 214 g/mol. The van der Waals surface area contributed by atoms with Crippen LogP contribution < -0.4 is 5.32 Å². The Morgan fingerprint density at radius 2 is 2.00 bits per heavy atom. The Kier molecular flexibility index (Phi) is 3.79. The van der Waals surface area contributed by atoms with Gasteiger partial charge in [0.25, 0.3) is 0 Å². The zero-order valence-corrected chi connectivity index (χ0v) is 10.4. The van der Waals surface area contributed by atoms with E-state index in [1.165, 1.54) is 11.1 Å². The maximum Gasteiger partial charge on any atom is 0.322 e. The van der Waals surface area contributed by atoms with Crippen LogP contribution >= 0.6 is 0 Å². The molecule has 0 aliphatic heterocycles. The molecule has 0 amide bonds. The average Bonchev–Trinajstić information content (AvgIpc) is 2.71. The fraction of sp³-hybridized carbons (Fsp3) is 0.500. The van der Waals surface area contributed by atoms with Crippen LogP contribution in [0.1, 0.15) is 25.0 Å². The Labute approximate surface area is 102 Å². The number of hydrogen-bond acceptors (Lipinski definition) is 3. The van der Waals surface area contributed by atoms with E-state index in [9.17, 15) is 4.79 Å². The van der Waals surface area contributed by atoms with Crippen molar-refractivity contribution in [3.8, 4) is 0 Å². The lowest BCUT2D eigenvalue weighted by Gasteiger charge is -2.17.